The van der Waals surface area contributed by atoms with E-state index in [0.29, 0.717) is 43.5 Å². The van der Waals surface area contributed by atoms with Crippen molar-refractivity contribution in [3.05, 3.63) is 83.9 Å². The van der Waals surface area contributed by atoms with Gasteiger partial charge >= 0.3 is 12.1 Å². The van der Waals surface area contributed by atoms with Crippen LogP contribution in [0.4, 0.5) is 34.6 Å². The van der Waals surface area contributed by atoms with Crippen molar-refractivity contribution in [2.75, 3.05) is 36.0 Å². The van der Waals surface area contributed by atoms with E-state index in [1.165, 1.54) is 30.5 Å². The fourth-order valence-electron chi connectivity index (χ4n) is 4.70. The van der Waals surface area contributed by atoms with Gasteiger partial charge in [0.25, 0.3) is 0 Å². The van der Waals surface area contributed by atoms with Gasteiger partial charge in [0.05, 0.1) is 29.4 Å². The van der Waals surface area contributed by atoms with Crippen LogP contribution in [0.1, 0.15) is 23.7 Å². The molecule has 0 amide bonds. The summed E-state index contributed by atoms with van der Waals surface area (Å²) in [6, 6.07) is 13.5. The van der Waals surface area contributed by atoms with Gasteiger partial charge in [-0.2, -0.15) is 13.2 Å². The van der Waals surface area contributed by atoms with Gasteiger partial charge < -0.3 is 19.8 Å². The van der Waals surface area contributed by atoms with Gasteiger partial charge in [-0.05, 0) is 54.6 Å². The molecule has 2 aliphatic heterocycles. The number of nitrogens with zero attached hydrogens (tertiary/aromatic N) is 5. The molecule has 3 heterocycles. The third-order valence-corrected chi connectivity index (χ3v) is 6.45. The first-order chi connectivity index (χ1) is 17.7. The number of benzene rings is 2. The molecule has 3 aromatic rings. The van der Waals surface area contributed by atoms with E-state index in [1.54, 1.807) is 29.2 Å². The maximum Gasteiger partial charge on any atom is 0.416 e. The van der Waals surface area contributed by atoms with Gasteiger partial charge in [0.1, 0.15) is 5.82 Å². The highest BCUT2D eigenvalue weighted by Crippen LogP contribution is 2.41. The molecule has 0 spiro atoms. The Morgan fingerprint density at radius 1 is 0.947 bits per heavy atom. The number of hydrogen-bond acceptors (Lipinski definition) is 6. The van der Waals surface area contributed by atoms with Crippen molar-refractivity contribution in [3.8, 4) is 0 Å². The monoisotopic (exact) mass is 549 g/mol. The summed E-state index contributed by atoms with van der Waals surface area (Å²) in [5.74, 6) is -1.07. The molecule has 2 aliphatic rings. The number of pyridine rings is 1. The predicted octanol–water partition coefficient (Wildman–Crippen LogP) is 5.51. The molecule has 5 rings (SSSR count). The lowest BCUT2D eigenvalue weighted by Gasteiger charge is -2.44. The second-order valence-electron chi connectivity index (χ2n) is 8.80. The molecule has 1 unspecified atom stereocenters. The SMILES string of the molecule is Cl.O=C(O)CC1c2ncccc2N=C(N2CCN(c3ccc(F)cc3)CC2)N1c1cccc(C(F)(F)F)c1. The number of aliphatic carboxylic acids is 1. The molecule has 200 valence electrons. The zero-order valence-electron chi connectivity index (χ0n) is 20.0. The second-order valence-corrected chi connectivity index (χ2v) is 8.80. The third-order valence-electron chi connectivity index (χ3n) is 6.45. The standard InChI is InChI=1S/C26H23F4N5O2.ClH/c27-18-6-8-19(9-7-18)33-11-13-34(14-12-33)25-32-21-5-2-10-31-24(21)22(16-23(36)37)35(25)20-4-1-3-17(15-20)26(28,29)30;/h1-10,15,22H,11-14,16H2,(H,36,37);1H. The molecule has 12 heteroatoms. The van der Waals surface area contributed by atoms with Crippen LogP contribution in [0.5, 0.6) is 0 Å². The van der Waals surface area contributed by atoms with Crippen LogP contribution in [0.25, 0.3) is 0 Å². The van der Waals surface area contributed by atoms with E-state index in [1.807, 2.05) is 4.90 Å². The van der Waals surface area contributed by atoms with E-state index in [0.717, 1.165) is 17.8 Å². The highest BCUT2D eigenvalue weighted by atomic mass is 35.5. The van der Waals surface area contributed by atoms with Gasteiger partial charge in [-0.1, -0.05) is 6.07 Å². The molecular formula is C26H24ClF4N5O2. The zero-order chi connectivity index (χ0) is 26.2. The van der Waals surface area contributed by atoms with Crippen LogP contribution in [-0.4, -0.2) is 53.1 Å². The van der Waals surface area contributed by atoms with E-state index in [9.17, 15) is 27.5 Å². The second kappa shape index (κ2) is 10.9. The minimum absolute atomic E-state index is 0. The van der Waals surface area contributed by atoms with Gasteiger partial charge in [0.2, 0.25) is 5.96 Å². The number of alkyl halides is 3. The van der Waals surface area contributed by atoms with E-state index in [-0.39, 0.29) is 30.3 Å². The number of fused-ring (bicyclic) bond motifs is 1. The molecule has 0 saturated carbocycles. The maximum absolute atomic E-state index is 13.6. The number of carboxylic acids is 1. The molecule has 2 aromatic carbocycles. The number of anilines is 2. The molecule has 1 fully saturated rings. The predicted molar refractivity (Wildman–Crippen MR) is 138 cm³/mol. The van der Waals surface area contributed by atoms with E-state index < -0.39 is 23.8 Å². The van der Waals surface area contributed by atoms with Gasteiger partial charge in [0, 0.05) is 43.8 Å². The van der Waals surface area contributed by atoms with Crippen molar-refractivity contribution in [2.24, 2.45) is 4.99 Å². The van der Waals surface area contributed by atoms with Gasteiger partial charge in [0.15, 0.2) is 0 Å². The number of halogens is 5. The summed E-state index contributed by atoms with van der Waals surface area (Å²) in [6.07, 6.45) is -3.43. The number of hydrogen-bond donors (Lipinski definition) is 1. The minimum atomic E-state index is -4.57. The molecule has 0 aliphatic carbocycles. The first-order valence-electron chi connectivity index (χ1n) is 11.7. The molecule has 38 heavy (non-hydrogen) atoms. The topological polar surface area (TPSA) is 72.3 Å². The quantitative estimate of drug-likeness (QED) is 0.433. The minimum Gasteiger partial charge on any atom is -0.481 e. The van der Waals surface area contributed by atoms with Crippen LogP contribution < -0.4 is 9.80 Å². The normalized spacial score (nSPS) is 17.4. The molecule has 1 saturated heterocycles. The fourth-order valence-corrected chi connectivity index (χ4v) is 4.70. The smallest absolute Gasteiger partial charge is 0.416 e. The zero-order valence-corrected chi connectivity index (χ0v) is 20.8. The number of piperazine rings is 1. The van der Waals surface area contributed by atoms with Crippen molar-refractivity contribution < 1.29 is 27.5 Å². The Morgan fingerprint density at radius 3 is 2.29 bits per heavy atom. The van der Waals surface area contributed by atoms with Crippen molar-refractivity contribution >= 4 is 41.4 Å². The Morgan fingerprint density at radius 2 is 1.63 bits per heavy atom. The maximum atomic E-state index is 13.6. The summed E-state index contributed by atoms with van der Waals surface area (Å²) in [7, 11) is 0. The summed E-state index contributed by atoms with van der Waals surface area (Å²) in [5, 5.41) is 9.70. The summed E-state index contributed by atoms with van der Waals surface area (Å²) >= 11 is 0. The van der Waals surface area contributed by atoms with Gasteiger partial charge in [-0.25, -0.2) is 9.38 Å². The van der Waals surface area contributed by atoms with E-state index in [2.05, 4.69) is 9.88 Å². The summed E-state index contributed by atoms with van der Waals surface area (Å²) < 4.78 is 54.1. The highest BCUT2D eigenvalue weighted by Gasteiger charge is 2.38. The largest absolute Gasteiger partial charge is 0.481 e. The van der Waals surface area contributed by atoms with Crippen LogP contribution in [-0.2, 0) is 11.0 Å². The van der Waals surface area contributed by atoms with Gasteiger partial charge in [-0.15, -0.1) is 12.4 Å². The van der Waals surface area contributed by atoms with Crippen LogP contribution in [0.15, 0.2) is 71.9 Å². The molecule has 1 N–H and O–H groups in total. The molecule has 1 atom stereocenters. The summed E-state index contributed by atoms with van der Waals surface area (Å²) in [6.45, 7) is 2.07. The van der Waals surface area contributed by atoms with Crippen LogP contribution >= 0.6 is 12.4 Å². The van der Waals surface area contributed by atoms with Crippen molar-refractivity contribution in [1.82, 2.24) is 9.88 Å². The van der Waals surface area contributed by atoms with E-state index in [4.69, 9.17) is 4.99 Å². The third kappa shape index (κ3) is 5.52. The summed E-state index contributed by atoms with van der Waals surface area (Å²) in [4.78, 5) is 26.5. The van der Waals surface area contributed by atoms with E-state index >= 15 is 0 Å². The van der Waals surface area contributed by atoms with Crippen molar-refractivity contribution in [2.45, 2.75) is 18.6 Å². The average molecular weight is 550 g/mol. The van der Waals surface area contributed by atoms with Crippen LogP contribution in [0.2, 0.25) is 0 Å². The lowest BCUT2D eigenvalue weighted by atomic mass is 10.0. The fraction of sp³-hybridized carbons (Fsp3) is 0.269. The van der Waals surface area contributed by atoms with Crippen molar-refractivity contribution in [1.29, 1.82) is 0 Å². The number of carbonyl (C=O) groups is 1. The molecule has 0 bridgehead atoms. The Kier molecular flexibility index (Phi) is 7.77. The van der Waals surface area contributed by atoms with Crippen molar-refractivity contribution in [3.63, 3.8) is 0 Å². The van der Waals surface area contributed by atoms with Gasteiger partial charge in [-0.3, -0.25) is 9.78 Å². The Balaban J connectivity index is 0.00000336. The number of carboxylic acid groups (broad SMARTS) is 1. The number of guanidine groups is 1. The Hall–Kier alpha value is -3.86. The molecular weight excluding hydrogens is 526 g/mol. The first-order valence-corrected chi connectivity index (χ1v) is 11.7. The number of aliphatic imine (C=N–C) groups is 1. The van der Waals surface area contributed by atoms with Crippen LogP contribution in [0.3, 0.4) is 0 Å². The molecule has 7 nitrogen and oxygen atoms in total. The number of rotatable bonds is 4. The summed E-state index contributed by atoms with van der Waals surface area (Å²) in [5.41, 5.74) is 1.06. The Bertz CT molecular complexity index is 1330. The lowest BCUT2D eigenvalue weighted by molar-refractivity contribution is -0.138. The highest BCUT2D eigenvalue weighted by molar-refractivity contribution is 6.01. The number of aromatic nitrogens is 1. The Labute approximate surface area is 222 Å². The lowest BCUT2D eigenvalue weighted by Crippen LogP contribution is -2.55. The van der Waals surface area contributed by atoms with Crippen LogP contribution in [0, 0.1) is 5.82 Å². The first kappa shape index (κ1) is 27.2. The molecule has 0 radical (unpaired) electrons. The average Bonchev–Trinajstić information content (AvgIpc) is 2.88. The molecule has 1 aromatic heterocycles.